The topological polar surface area (TPSA) is 104 Å². The van der Waals surface area contributed by atoms with Crippen molar-refractivity contribution in [3.8, 4) is 0 Å². The van der Waals surface area contributed by atoms with E-state index in [0.29, 0.717) is 0 Å². The fraction of sp³-hybridized carbons (Fsp3) is 0.333. The van der Waals surface area contributed by atoms with Crippen LogP contribution in [0.15, 0.2) is 18.2 Å². The number of hydrogen-bond acceptors (Lipinski definition) is 4. The van der Waals surface area contributed by atoms with Gasteiger partial charge < -0.3 is 5.11 Å². The molecule has 0 saturated heterocycles. The highest BCUT2D eigenvalue weighted by Crippen LogP contribution is 2.30. The number of aliphatic hydroxyl groups is 1. The minimum Gasteiger partial charge on any atom is -0.392 e. The molecule has 2 atom stereocenters. The van der Waals surface area contributed by atoms with Gasteiger partial charge in [0, 0.05) is 9.13 Å². The van der Waals surface area contributed by atoms with Gasteiger partial charge in [-0.15, -0.1) is 9.79 Å². The van der Waals surface area contributed by atoms with Gasteiger partial charge in [-0.2, -0.15) is 0 Å². The summed E-state index contributed by atoms with van der Waals surface area (Å²) in [6.07, 6.45) is 0. The van der Waals surface area contributed by atoms with Crippen LogP contribution in [0.1, 0.15) is 16.7 Å². The van der Waals surface area contributed by atoms with Crippen LogP contribution in [0, 0.1) is 13.8 Å². The minimum absolute atomic E-state index is 0.140. The molecule has 0 aliphatic rings. The zero-order valence-electron chi connectivity index (χ0n) is 9.40. The second kappa shape index (κ2) is 8.37. The first-order valence-corrected chi connectivity index (χ1v) is 6.80. The van der Waals surface area contributed by atoms with Crippen LogP contribution < -0.4 is 0 Å². The van der Waals surface area contributed by atoms with Crippen LogP contribution in [-0.4, -0.2) is 14.9 Å². The number of hydrogen-bond donors (Lipinski definition) is 3. The number of aryl methyl sites for hydroxylation is 2. The van der Waals surface area contributed by atoms with Gasteiger partial charge in [0.15, 0.2) is 4.31 Å². The van der Waals surface area contributed by atoms with E-state index in [1.165, 1.54) is 11.1 Å². The van der Waals surface area contributed by atoms with Crippen molar-refractivity contribution in [1.29, 1.82) is 0 Å². The number of rotatable bonds is 3. The summed E-state index contributed by atoms with van der Waals surface area (Å²) in [5.74, 6) is 0. The van der Waals surface area contributed by atoms with Crippen LogP contribution in [0.5, 0.6) is 0 Å². The van der Waals surface area contributed by atoms with E-state index in [4.69, 9.17) is 14.9 Å². The van der Waals surface area contributed by atoms with Crippen LogP contribution in [0.4, 0.5) is 0 Å². The SMILES string of the molecule is Cc1ccc(CO)cc1C.O=[P+](O)O[P+](=O)O. The smallest absolute Gasteiger partial charge is 0.392 e. The van der Waals surface area contributed by atoms with Crippen LogP contribution in [0.3, 0.4) is 0 Å². The predicted molar refractivity (Wildman–Crippen MR) is 62.6 cm³/mol. The third-order valence-electron chi connectivity index (χ3n) is 1.89. The van der Waals surface area contributed by atoms with Crippen molar-refractivity contribution in [2.24, 2.45) is 0 Å². The maximum Gasteiger partial charge on any atom is 0.745 e. The lowest BCUT2D eigenvalue weighted by Gasteiger charge is -2.00. The molecule has 1 aromatic carbocycles. The minimum atomic E-state index is -2.92. The zero-order chi connectivity index (χ0) is 13.4. The molecule has 0 bridgehead atoms. The zero-order valence-corrected chi connectivity index (χ0v) is 11.2. The molecule has 94 valence electrons. The van der Waals surface area contributed by atoms with E-state index in [1.54, 1.807) is 0 Å². The Morgan fingerprint density at radius 2 is 1.65 bits per heavy atom. The van der Waals surface area contributed by atoms with Gasteiger partial charge >= 0.3 is 16.5 Å². The Morgan fingerprint density at radius 1 is 1.12 bits per heavy atom. The molecule has 0 aliphatic heterocycles. The van der Waals surface area contributed by atoms with Gasteiger partial charge in [0.25, 0.3) is 0 Å². The summed E-state index contributed by atoms with van der Waals surface area (Å²) >= 11 is 0. The summed E-state index contributed by atoms with van der Waals surface area (Å²) in [7, 11) is -5.85. The first-order chi connectivity index (χ1) is 7.86. The molecule has 0 aromatic heterocycles. The lowest BCUT2D eigenvalue weighted by Crippen LogP contribution is -1.86. The average Bonchev–Trinajstić information content (AvgIpc) is 2.21. The Bertz CT molecular complexity index is 394. The standard InChI is InChI=1S/C9H12O.O5P2/c1-7-3-4-9(6-10)5-8(7)2;1-6(2)5-7(3)4/h3-5,10H,6H2,1-2H3;/p+2. The van der Waals surface area contributed by atoms with Crippen molar-refractivity contribution in [3.05, 3.63) is 34.9 Å². The summed E-state index contributed by atoms with van der Waals surface area (Å²) < 4.78 is 22.2. The molecular weight excluding hydrogens is 266 g/mol. The summed E-state index contributed by atoms with van der Waals surface area (Å²) in [5.41, 5.74) is 3.51. The van der Waals surface area contributed by atoms with Gasteiger partial charge in [-0.25, -0.2) is 0 Å². The molecule has 1 aromatic rings. The molecule has 6 nitrogen and oxygen atoms in total. The molecular formula is C9H14O6P2+2. The summed E-state index contributed by atoms with van der Waals surface area (Å²) in [5, 5.41) is 8.75. The summed E-state index contributed by atoms with van der Waals surface area (Å²) in [6.45, 7) is 4.26. The maximum atomic E-state index is 9.39. The molecule has 0 aliphatic carbocycles. The molecule has 3 N–H and O–H groups in total. The molecule has 1 rings (SSSR count). The Balaban J connectivity index is 0.000000325. The van der Waals surface area contributed by atoms with Crippen LogP contribution >= 0.6 is 16.5 Å². The third-order valence-corrected chi connectivity index (χ3v) is 3.01. The highest BCUT2D eigenvalue weighted by molar-refractivity contribution is 7.46. The van der Waals surface area contributed by atoms with Crippen molar-refractivity contribution in [3.63, 3.8) is 0 Å². The van der Waals surface area contributed by atoms with Crippen LogP contribution in [0.2, 0.25) is 0 Å². The molecule has 0 amide bonds. The van der Waals surface area contributed by atoms with E-state index in [9.17, 15) is 9.13 Å². The van der Waals surface area contributed by atoms with E-state index in [-0.39, 0.29) is 6.61 Å². The van der Waals surface area contributed by atoms with Gasteiger partial charge in [-0.3, -0.25) is 0 Å². The molecule has 0 spiro atoms. The van der Waals surface area contributed by atoms with E-state index in [2.05, 4.69) is 18.2 Å². The highest BCUT2D eigenvalue weighted by Gasteiger charge is 2.31. The molecule has 0 radical (unpaired) electrons. The largest absolute Gasteiger partial charge is 0.745 e. The van der Waals surface area contributed by atoms with Gasteiger partial charge in [0.1, 0.15) is 0 Å². The van der Waals surface area contributed by atoms with Crippen LogP contribution in [-0.2, 0) is 20.0 Å². The van der Waals surface area contributed by atoms with Crippen molar-refractivity contribution >= 4 is 16.5 Å². The molecule has 17 heavy (non-hydrogen) atoms. The second-order valence-electron chi connectivity index (χ2n) is 3.13. The first-order valence-electron chi connectivity index (χ1n) is 4.54. The van der Waals surface area contributed by atoms with E-state index < -0.39 is 16.5 Å². The van der Waals surface area contributed by atoms with E-state index in [1.807, 2.05) is 18.2 Å². The van der Waals surface area contributed by atoms with E-state index in [0.717, 1.165) is 5.56 Å². The summed E-state index contributed by atoms with van der Waals surface area (Å²) in [6, 6.07) is 5.98. The number of benzene rings is 1. The predicted octanol–water partition coefficient (Wildman–Crippen LogP) is 2.10. The summed E-state index contributed by atoms with van der Waals surface area (Å²) in [4.78, 5) is 15.3. The maximum absolute atomic E-state index is 9.39. The van der Waals surface area contributed by atoms with Gasteiger partial charge in [0.05, 0.1) is 6.61 Å². The van der Waals surface area contributed by atoms with Gasteiger partial charge in [-0.05, 0) is 30.5 Å². The quantitative estimate of drug-likeness (QED) is 0.732. The Labute approximate surface area is 101 Å². The Kier molecular flexibility index (Phi) is 8.00. The first kappa shape index (κ1) is 16.3. The Morgan fingerprint density at radius 3 is 1.94 bits per heavy atom. The lowest BCUT2D eigenvalue weighted by molar-refractivity contribution is 0.281. The fourth-order valence-electron chi connectivity index (χ4n) is 0.962. The molecule has 0 saturated carbocycles. The molecule has 2 unspecified atom stereocenters. The van der Waals surface area contributed by atoms with Crippen molar-refractivity contribution in [2.75, 3.05) is 0 Å². The third kappa shape index (κ3) is 8.05. The van der Waals surface area contributed by atoms with Gasteiger partial charge in [-0.1, -0.05) is 18.2 Å². The highest BCUT2D eigenvalue weighted by atomic mass is 31.2. The van der Waals surface area contributed by atoms with Crippen molar-refractivity contribution in [1.82, 2.24) is 0 Å². The average molecular weight is 280 g/mol. The monoisotopic (exact) mass is 280 g/mol. The molecule has 8 heteroatoms. The van der Waals surface area contributed by atoms with Gasteiger partial charge in [0.2, 0.25) is 0 Å². The fourth-order valence-corrected chi connectivity index (χ4v) is 1.44. The normalized spacial score (nSPS) is 11.4. The van der Waals surface area contributed by atoms with Crippen molar-refractivity contribution in [2.45, 2.75) is 20.5 Å². The van der Waals surface area contributed by atoms with E-state index >= 15 is 0 Å². The van der Waals surface area contributed by atoms with Crippen molar-refractivity contribution < 1.29 is 28.3 Å². The Hall–Kier alpha value is -0.740. The lowest BCUT2D eigenvalue weighted by atomic mass is 10.1. The number of aliphatic hydroxyl groups excluding tert-OH is 1. The molecule has 0 heterocycles. The second-order valence-corrected chi connectivity index (χ2v) is 4.74. The van der Waals surface area contributed by atoms with Crippen LogP contribution in [0.25, 0.3) is 0 Å². The molecule has 0 fully saturated rings.